The molecular weight excluding hydrogens is 445 g/mol. The van der Waals surface area contributed by atoms with E-state index in [9.17, 15) is 24.3 Å². The Morgan fingerprint density at radius 2 is 1.82 bits per heavy atom. The minimum Gasteiger partial charge on any atom is -1.00 e. The molecule has 2 atom stereocenters. The number of hydrogen-bond acceptors (Lipinski definition) is 4. The number of carbonyl (C=O) groups is 4. The van der Waals surface area contributed by atoms with E-state index in [0.29, 0.717) is 12.0 Å². The number of urea groups is 1. The second kappa shape index (κ2) is 12.5. The van der Waals surface area contributed by atoms with E-state index < -0.39 is 35.8 Å². The van der Waals surface area contributed by atoms with E-state index in [0.717, 1.165) is 12.0 Å². The Labute approximate surface area is 222 Å². The molecule has 1 aliphatic rings. The number of aryl methyl sites for hydroxylation is 1. The molecule has 0 aromatic heterocycles. The summed E-state index contributed by atoms with van der Waals surface area (Å²) in [6.45, 7) is 2.09. The van der Waals surface area contributed by atoms with Gasteiger partial charge in [0.15, 0.2) is 11.8 Å². The monoisotopic (exact) mass is 473 g/mol. The van der Waals surface area contributed by atoms with Gasteiger partial charge >= 0.3 is 41.6 Å². The van der Waals surface area contributed by atoms with Crippen molar-refractivity contribution in [3.63, 3.8) is 0 Å². The van der Waals surface area contributed by atoms with Gasteiger partial charge in [0.25, 0.3) is 5.91 Å². The molecule has 1 heterocycles. The van der Waals surface area contributed by atoms with Crippen LogP contribution in [0.2, 0.25) is 0 Å². The largest absolute Gasteiger partial charge is 1.00 e. The molecule has 0 bridgehead atoms. The first-order valence-electron chi connectivity index (χ1n) is 10.7. The van der Waals surface area contributed by atoms with Gasteiger partial charge in [0.2, 0.25) is 0 Å². The number of hydrogen-bond donors (Lipinski definition) is 3. The van der Waals surface area contributed by atoms with E-state index in [2.05, 4.69) is 29.7 Å². The number of nitrogens with one attached hydrogen (secondary N) is 2. The molecule has 1 aliphatic heterocycles. The van der Waals surface area contributed by atoms with E-state index in [1.807, 2.05) is 30.3 Å². The molecule has 1 unspecified atom stereocenters. The smallest absolute Gasteiger partial charge is 1.00 e. The number of carboxylic acid groups (broad SMARTS) is 1. The van der Waals surface area contributed by atoms with Crippen LogP contribution in [0.4, 0.5) is 4.79 Å². The van der Waals surface area contributed by atoms with Crippen LogP contribution in [0.1, 0.15) is 43.1 Å². The van der Waals surface area contributed by atoms with Crippen molar-refractivity contribution in [2.45, 2.75) is 38.3 Å². The number of carbonyl (C=O) groups excluding carboxylic acids is 3. The van der Waals surface area contributed by atoms with E-state index in [-0.39, 0.29) is 37.4 Å². The van der Waals surface area contributed by atoms with Gasteiger partial charge < -0.3 is 22.1 Å². The fraction of sp³-hybridized carbons (Fsp3) is 0.280. The molecule has 0 saturated heterocycles. The third kappa shape index (κ3) is 7.03. The van der Waals surface area contributed by atoms with E-state index in [4.69, 9.17) is 0 Å². The van der Waals surface area contributed by atoms with Gasteiger partial charge in [-0.1, -0.05) is 55.5 Å². The quantitative estimate of drug-likeness (QED) is 0.360. The van der Waals surface area contributed by atoms with Crippen molar-refractivity contribution in [1.29, 1.82) is 0 Å². The standard InChI is InChI=1S/C25H27N3O5.Na.H/c1-3-17-8-4-5-9-18(17)13-16-7-6-10-19(14-16)20(15-22(30)31)26-25(33)27-23-21(29)11-12-28(2)24(23)32;;/h4-12,14,20,23H,3,13,15H2,1-2H3,(H,30,31)(H2,26,27,33);;/q;+1;-1/t20-,23?;;/m0../s1. The number of benzene rings is 2. The number of ketones is 1. The van der Waals surface area contributed by atoms with Gasteiger partial charge in [-0.05, 0) is 35.1 Å². The Balaban J connectivity index is 0.00000306. The Kier molecular flexibility index (Phi) is 10.0. The minimum absolute atomic E-state index is 0. The van der Waals surface area contributed by atoms with Crippen molar-refractivity contribution in [2.75, 3.05) is 7.05 Å². The Bertz CT molecular complexity index is 1110. The third-order valence-electron chi connectivity index (χ3n) is 5.55. The van der Waals surface area contributed by atoms with Crippen LogP contribution in [0.15, 0.2) is 60.8 Å². The number of carboxylic acids is 1. The molecule has 174 valence electrons. The van der Waals surface area contributed by atoms with Crippen LogP contribution >= 0.6 is 0 Å². The van der Waals surface area contributed by atoms with Crippen LogP contribution in [-0.2, 0) is 27.2 Å². The van der Waals surface area contributed by atoms with Crippen LogP contribution in [0.5, 0.6) is 0 Å². The molecule has 0 radical (unpaired) electrons. The zero-order valence-electron chi connectivity index (χ0n) is 20.6. The Morgan fingerprint density at radius 3 is 2.50 bits per heavy atom. The number of likely N-dealkylation sites (N-methyl/N-ethyl adjacent to an activating group) is 1. The van der Waals surface area contributed by atoms with Gasteiger partial charge in [-0.3, -0.25) is 14.4 Å². The molecule has 9 heteroatoms. The predicted octanol–water partition coefficient (Wildman–Crippen LogP) is -0.305. The molecule has 0 aliphatic carbocycles. The van der Waals surface area contributed by atoms with Crippen molar-refractivity contribution in [1.82, 2.24) is 15.5 Å². The molecule has 3 rings (SSSR count). The average Bonchev–Trinajstić information content (AvgIpc) is 2.79. The summed E-state index contributed by atoms with van der Waals surface area (Å²) in [4.78, 5) is 49.5. The number of nitrogens with zero attached hydrogens (tertiary/aromatic N) is 1. The number of amides is 3. The van der Waals surface area contributed by atoms with E-state index in [1.165, 1.54) is 35.4 Å². The first-order valence-corrected chi connectivity index (χ1v) is 10.7. The minimum atomic E-state index is -1.35. The van der Waals surface area contributed by atoms with Crippen molar-refractivity contribution < 1.29 is 55.3 Å². The summed E-state index contributed by atoms with van der Waals surface area (Å²) in [6.07, 6.45) is 3.76. The van der Waals surface area contributed by atoms with Gasteiger partial charge in [-0.15, -0.1) is 0 Å². The average molecular weight is 474 g/mol. The summed E-state index contributed by atoms with van der Waals surface area (Å²) in [5.41, 5.74) is 4.03. The van der Waals surface area contributed by atoms with Crippen LogP contribution in [0.25, 0.3) is 0 Å². The summed E-state index contributed by atoms with van der Waals surface area (Å²) < 4.78 is 0. The molecule has 2 aromatic carbocycles. The second-order valence-electron chi connectivity index (χ2n) is 7.91. The number of rotatable bonds is 8. The summed E-state index contributed by atoms with van der Waals surface area (Å²) in [7, 11) is 1.48. The molecule has 8 nitrogen and oxygen atoms in total. The van der Waals surface area contributed by atoms with Crippen LogP contribution in [-0.4, -0.2) is 46.8 Å². The van der Waals surface area contributed by atoms with Crippen molar-refractivity contribution in [3.05, 3.63) is 83.1 Å². The topological polar surface area (TPSA) is 116 Å². The third-order valence-corrected chi connectivity index (χ3v) is 5.55. The van der Waals surface area contributed by atoms with Crippen LogP contribution in [0, 0.1) is 0 Å². The fourth-order valence-corrected chi connectivity index (χ4v) is 3.79. The zero-order chi connectivity index (χ0) is 24.0. The van der Waals surface area contributed by atoms with E-state index in [1.54, 1.807) is 6.07 Å². The summed E-state index contributed by atoms with van der Waals surface area (Å²) in [5, 5.41) is 14.3. The normalized spacial score (nSPS) is 15.9. The van der Waals surface area contributed by atoms with Crippen molar-refractivity contribution in [2.24, 2.45) is 0 Å². The molecule has 34 heavy (non-hydrogen) atoms. The molecule has 3 amide bonds. The summed E-state index contributed by atoms with van der Waals surface area (Å²) >= 11 is 0. The van der Waals surface area contributed by atoms with Gasteiger partial charge in [0.1, 0.15) is 0 Å². The molecule has 3 N–H and O–H groups in total. The SMILES string of the molecule is CCc1ccccc1Cc1cccc([C@H](CC(=O)O)NC(=O)NC2C(=O)C=CN(C)C2=O)c1.[H-].[Na+]. The van der Waals surface area contributed by atoms with Crippen LogP contribution < -0.4 is 40.2 Å². The predicted molar refractivity (Wildman–Crippen MR) is 124 cm³/mol. The zero-order valence-corrected chi connectivity index (χ0v) is 21.6. The maximum atomic E-state index is 12.6. The maximum absolute atomic E-state index is 12.6. The van der Waals surface area contributed by atoms with Gasteiger partial charge in [-0.2, -0.15) is 0 Å². The molecule has 0 fully saturated rings. The van der Waals surface area contributed by atoms with Crippen molar-refractivity contribution >= 4 is 23.7 Å². The van der Waals surface area contributed by atoms with Crippen LogP contribution in [0.3, 0.4) is 0 Å². The van der Waals surface area contributed by atoms with Gasteiger partial charge in [0, 0.05) is 19.3 Å². The second-order valence-corrected chi connectivity index (χ2v) is 7.91. The Hall–Kier alpha value is -2.94. The fourth-order valence-electron chi connectivity index (χ4n) is 3.79. The molecule has 0 spiro atoms. The number of aliphatic carboxylic acids is 1. The van der Waals surface area contributed by atoms with Gasteiger partial charge in [0.05, 0.1) is 12.5 Å². The maximum Gasteiger partial charge on any atom is 1.00 e. The van der Waals surface area contributed by atoms with Gasteiger partial charge in [-0.25, -0.2) is 4.79 Å². The van der Waals surface area contributed by atoms with Crippen molar-refractivity contribution in [3.8, 4) is 0 Å². The summed E-state index contributed by atoms with van der Waals surface area (Å²) in [6, 6.07) is 12.5. The molecule has 2 aromatic rings. The first kappa shape index (κ1) is 27.3. The Morgan fingerprint density at radius 1 is 1.12 bits per heavy atom. The summed E-state index contributed by atoms with van der Waals surface area (Å²) in [5.74, 6) is -2.20. The molecule has 0 saturated carbocycles. The van der Waals surface area contributed by atoms with E-state index >= 15 is 0 Å². The molecular formula is C25H28N3NaO5. The first-order chi connectivity index (χ1) is 15.8.